The summed E-state index contributed by atoms with van der Waals surface area (Å²) in [6.07, 6.45) is 1.72. The zero-order valence-corrected chi connectivity index (χ0v) is 15.3. The van der Waals surface area contributed by atoms with E-state index in [4.69, 9.17) is 0 Å². The number of nitrogens with one attached hydrogen (secondary N) is 1. The van der Waals surface area contributed by atoms with Gasteiger partial charge in [-0.15, -0.1) is 22.0 Å². The lowest BCUT2D eigenvalue weighted by atomic mass is 10.1. The van der Waals surface area contributed by atoms with Crippen LogP contribution in [0.1, 0.15) is 18.4 Å². The van der Waals surface area contributed by atoms with Crippen LogP contribution in [-0.4, -0.2) is 54.0 Å². The monoisotopic (exact) mass is 386 g/mol. The van der Waals surface area contributed by atoms with Gasteiger partial charge in [0, 0.05) is 12.7 Å². The second-order valence-electron chi connectivity index (χ2n) is 5.32. The number of carbonyl (C=O) groups excluding carboxylic acids is 2. The van der Waals surface area contributed by atoms with E-state index in [0.29, 0.717) is 5.75 Å². The zero-order chi connectivity index (χ0) is 17.5. The first-order valence-corrected chi connectivity index (χ1v) is 9.65. The maximum atomic E-state index is 11.7. The van der Waals surface area contributed by atoms with Gasteiger partial charge in [-0.3, -0.25) is 14.5 Å². The molecular weight excluding hydrogens is 372 g/mol. The lowest BCUT2D eigenvalue weighted by Crippen LogP contribution is -2.60. The van der Waals surface area contributed by atoms with Gasteiger partial charge in [0.15, 0.2) is 4.34 Å². The minimum Gasteiger partial charge on any atom is -0.477 e. The quantitative estimate of drug-likeness (QED) is 0.570. The number of carbonyl (C=O) groups is 3. The van der Waals surface area contributed by atoms with E-state index in [0.717, 1.165) is 9.35 Å². The van der Waals surface area contributed by atoms with Gasteiger partial charge in [0.25, 0.3) is 0 Å². The van der Waals surface area contributed by atoms with Crippen molar-refractivity contribution >= 4 is 52.6 Å². The van der Waals surface area contributed by atoms with Crippen LogP contribution >= 0.6 is 34.9 Å². The fraction of sp³-hybridized carbons (Fsp3) is 0.462. The number of carboxylic acids is 1. The highest BCUT2D eigenvalue weighted by atomic mass is 32.2. The molecule has 1 unspecified atom stereocenters. The van der Waals surface area contributed by atoms with Gasteiger partial charge in [0.05, 0.1) is 11.8 Å². The van der Waals surface area contributed by atoms with Crippen molar-refractivity contribution in [2.45, 2.75) is 34.9 Å². The van der Waals surface area contributed by atoms with Crippen LogP contribution in [0.3, 0.4) is 0 Å². The molecule has 0 aromatic carbocycles. The topological polar surface area (TPSA) is 112 Å². The van der Waals surface area contributed by atoms with Crippen molar-refractivity contribution in [1.82, 2.24) is 20.4 Å². The summed E-state index contributed by atoms with van der Waals surface area (Å²) in [5.74, 6) is -1.28. The maximum absolute atomic E-state index is 11.7. The van der Waals surface area contributed by atoms with Gasteiger partial charge in [-0.25, -0.2) is 4.79 Å². The molecule has 0 bridgehead atoms. The number of amides is 2. The molecule has 2 aliphatic heterocycles. The Hall–Kier alpha value is -1.59. The van der Waals surface area contributed by atoms with Crippen molar-refractivity contribution in [3.05, 3.63) is 16.8 Å². The molecule has 8 nitrogen and oxygen atoms in total. The van der Waals surface area contributed by atoms with Gasteiger partial charge in [-0.05, 0) is 13.0 Å². The summed E-state index contributed by atoms with van der Waals surface area (Å²) in [6, 6.07) is 0. The summed E-state index contributed by atoms with van der Waals surface area (Å²) < 4.78 is 0.746. The Morgan fingerprint density at radius 3 is 2.83 bits per heavy atom. The third-order valence-electron chi connectivity index (χ3n) is 3.41. The minimum absolute atomic E-state index is 0.0854. The Bertz CT molecular complexity index is 749. The predicted octanol–water partition coefficient (Wildman–Crippen LogP) is 1.04. The molecule has 3 rings (SSSR count). The first-order valence-electron chi connectivity index (χ1n) is 6.97. The normalized spacial score (nSPS) is 25.6. The Labute approximate surface area is 150 Å². The van der Waals surface area contributed by atoms with Crippen LogP contribution in [0.2, 0.25) is 0 Å². The Morgan fingerprint density at radius 1 is 1.54 bits per heavy atom. The standard InChI is InChI=1S/C13H14N4O4S3/c1-6(18)14-13(5-22-12-16-15-7(2)23-12)4-8(11(20)21)17-9(19)3-10(17)24-13/h4,10H,3,5H2,1-2H3,(H,14,18)(H,20,21)/t10-,13?/m1/s1. The van der Waals surface area contributed by atoms with Gasteiger partial charge in [-0.2, -0.15) is 0 Å². The van der Waals surface area contributed by atoms with Gasteiger partial charge >= 0.3 is 5.97 Å². The smallest absolute Gasteiger partial charge is 0.352 e. The SMILES string of the molecule is CC(=O)NC1(CSc2nnc(C)s2)C=C(C(=O)O)N2C(=O)C[C@H]2S1. The number of carboxylic acid groups (broad SMARTS) is 1. The lowest BCUT2D eigenvalue weighted by Gasteiger charge is -2.48. The van der Waals surface area contributed by atoms with Crippen molar-refractivity contribution in [1.29, 1.82) is 0 Å². The number of β-lactam (4-membered cyclic amide) rings is 1. The summed E-state index contributed by atoms with van der Waals surface area (Å²) in [7, 11) is 0. The van der Waals surface area contributed by atoms with E-state index >= 15 is 0 Å². The van der Waals surface area contributed by atoms with E-state index < -0.39 is 10.8 Å². The highest BCUT2D eigenvalue weighted by molar-refractivity contribution is 8.05. The number of nitrogens with zero attached hydrogens (tertiary/aromatic N) is 3. The number of rotatable bonds is 5. The van der Waals surface area contributed by atoms with E-state index in [1.807, 2.05) is 6.92 Å². The summed E-state index contributed by atoms with van der Waals surface area (Å²) in [5.41, 5.74) is -0.0854. The molecule has 2 amide bonds. The first kappa shape index (κ1) is 17.2. The summed E-state index contributed by atoms with van der Waals surface area (Å²) in [5, 5.41) is 20.8. The molecule has 11 heteroatoms. The zero-order valence-electron chi connectivity index (χ0n) is 12.8. The Kier molecular flexibility index (Phi) is 4.58. The van der Waals surface area contributed by atoms with E-state index in [1.54, 1.807) is 0 Å². The fourth-order valence-corrected chi connectivity index (χ4v) is 6.15. The number of thioether (sulfide) groups is 2. The maximum Gasteiger partial charge on any atom is 0.352 e. The fourth-order valence-electron chi connectivity index (χ4n) is 2.48. The largest absolute Gasteiger partial charge is 0.477 e. The predicted molar refractivity (Wildman–Crippen MR) is 90.5 cm³/mol. The number of hydrogen-bond acceptors (Lipinski definition) is 8. The van der Waals surface area contributed by atoms with Crippen LogP contribution in [0.5, 0.6) is 0 Å². The Balaban J connectivity index is 1.89. The van der Waals surface area contributed by atoms with E-state index in [-0.39, 0.29) is 29.3 Å². The second kappa shape index (κ2) is 6.37. The second-order valence-corrected chi connectivity index (χ2v) is 9.23. The molecule has 1 aromatic heterocycles. The molecule has 1 saturated heterocycles. The Morgan fingerprint density at radius 2 is 2.29 bits per heavy atom. The van der Waals surface area contributed by atoms with Crippen LogP contribution in [0, 0.1) is 6.92 Å². The van der Waals surface area contributed by atoms with Crippen molar-refractivity contribution in [2.75, 3.05) is 5.75 Å². The van der Waals surface area contributed by atoms with Crippen molar-refractivity contribution in [2.24, 2.45) is 0 Å². The molecule has 2 atom stereocenters. The molecule has 128 valence electrons. The summed E-state index contributed by atoms with van der Waals surface area (Å²) in [4.78, 5) is 35.2. The van der Waals surface area contributed by atoms with Crippen LogP contribution in [0.25, 0.3) is 0 Å². The average Bonchev–Trinajstić information content (AvgIpc) is 2.88. The highest BCUT2D eigenvalue weighted by Crippen LogP contribution is 2.47. The minimum atomic E-state index is -1.18. The first-order chi connectivity index (χ1) is 11.3. The lowest BCUT2D eigenvalue weighted by molar-refractivity contribution is -0.146. The van der Waals surface area contributed by atoms with Crippen LogP contribution in [-0.2, 0) is 14.4 Å². The summed E-state index contributed by atoms with van der Waals surface area (Å²) in [6.45, 7) is 3.23. The van der Waals surface area contributed by atoms with Crippen LogP contribution in [0.15, 0.2) is 16.1 Å². The van der Waals surface area contributed by atoms with Crippen molar-refractivity contribution < 1.29 is 19.5 Å². The number of aliphatic carboxylic acids is 1. The molecule has 0 aliphatic carbocycles. The van der Waals surface area contributed by atoms with Gasteiger partial charge < -0.3 is 10.4 Å². The molecule has 1 aromatic rings. The van der Waals surface area contributed by atoms with E-state index in [9.17, 15) is 19.5 Å². The van der Waals surface area contributed by atoms with E-state index in [2.05, 4.69) is 15.5 Å². The van der Waals surface area contributed by atoms with Gasteiger partial charge in [0.1, 0.15) is 15.6 Å². The molecule has 0 spiro atoms. The third-order valence-corrected chi connectivity index (χ3v) is 7.19. The van der Waals surface area contributed by atoms with Crippen LogP contribution < -0.4 is 5.32 Å². The average molecular weight is 386 g/mol. The molecule has 2 aliphatic rings. The van der Waals surface area contributed by atoms with Gasteiger partial charge in [-0.1, -0.05) is 23.1 Å². The number of hydrogen-bond donors (Lipinski definition) is 2. The van der Waals surface area contributed by atoms with Gasteiger partial charge in [0.2, 0.25) is 11.8 Å². The van der Waals surface area contributed by atoms with E-state index in [1.165, 1.54) is 52.8 Å². The third kappa shape index (κ3) is 3.28. The number of fused-ring (bicyclic) bond motifs is 1. The molecule has 0 saturated carbocycles. The molecular formula is C13H14N4O4S3. The van der Waals surface area contributed by atoms with Crippen LogP contribution in [0.4, 0.5) is 0 Å². The molecule has 3 heterocycles. The number of aromatic nitrogens is 2. The van der Waals surface area contributed by atoms with Crippen molar-refractivity contribution in [3.63, 3.8) is 0 Å². The number of aryl methyl sites for hydroxylation is 1. The molecule has 24 heavy (non-hydrogen) atoms. The summed E-state index contributed by atoms with van der Waals surface area (Å²) >= 11 is 4.21. The molecule has 1 fully saturated rings. The molecule has 0 radical (unpaired) electrons. The molecule has 2 N–H and O–H groups in total. The highest BCUT2D eigenvalue weighted by Gasteiger charge is 2.51. The van der Waals surface area contributed by atoms with Crippen molar-refractivity contribution in [3.8, 4) is 0 Å².